The van der Waals surface area contributed by atoms with E-state index in [1.165, 1.54) is 12.7 Å². The van der Waals surface area contributed by atoms with Crippen molar-refractivity contribution in [3.8, 4) is 0 Å². The van der Waals surface area contributed by atoms with Gasteiger partial charge in [-0.1, -0.05) is 0 Å². The quantitative estimate of drug-likeness (QED) is 0.529. The molecule has 0 saturated carbocycles. The van der Waals surface area contributed by atoms with Crippen LogP contribution in [0.3, 0.4) is 0 Å². The molecule has 0 aliphatic heterocycles. The molecule has 0 fully saturated rings. The normalized spacial score (nSPS) is 10.3. The smallest absolute Gasteiger partial charge is 0.336 e. The van der Waals surface area contributed by atoms with Gasteiger partial charge in [0.2, 0.25) is 0 Å². The minimum atomic E-state index is -0.273. The molecule has 0 amide bonds. The number of hydrogen-bond donors (Lipinski definition) is 1. The Hall–Kier alpha value is -1.91. The van der Waals surface area contributed by atoms with Crippen molar-refractivity contribution in [3.63, 3.8) is 0 Å². The molecule has 0 unspecified atom stereocenters. The standard InChI is InChI=1S/C16H22NO2.C2H4.CH5N/c1-5-17(6-2,7-3)13-8-9-14-12(4)10-16(18)19-15(14)11-13;2*1-2/h8-11H,5-7H2,1-4H3;1-2H2;2H2,1H3/q+1;;. The molecule has 1 heterocycles. The zero-order valence-corrected chi connectivity index (χ0v) is 15.2. The number of benzene rings is 1. The van der Waals surface area contributed by atoms with Gasteiger partial charge in [0.15, 0.2) is 0 Å². The van der Waals surface area contributed by atoms with E-state index < -0.39 is 0 Å². The first-order chi connectivity index (χ1) is 11.1. The van der Waals surface area contributed by atoms with Crippen molar-refractivity contribution >= 4 is 16.7 Å². The Kier molecular flexibility index (Phi) is 9.15. The molecule has 4 nitrogen and oxygen atoms in total. The van der Waals surface area contributed by atoms with Crippen LogP contribution in [0.2, 0.25) is 0 Å². The minimum Gasteiger partial charge on any atom is -0.422 e. The van der Waals surface area contributed by atoms with Crippen molar-refractivity contribution in [2.75, 3.05) is 26.7 Å². The van der Waals surface area contributed by atoms with E-state index in [-0.39, 0.29) is 5.63 Å². The summed E-state index contributed by atoms with van der Waals surface area (Å²) in [4.78, 5) is 11.5. The Morgan fingerprint density at radius 2 is 1.57 bits per heavy atom. The highest BCUT2D eigenvalue weighted by molar-refractivity contribution is 5.83. The van der Waals surface area contributed by atoms with Crippen molar-refractivity contribution in [3.05, 3.63) is 53.4 Å². The van der Waals surface area contributed by atoms with Crippen LogP contribution in [0.25, 0.3) is 11.0 Å². The Morgan fingerprint density at radius 1 is 1.04 bits per heavy atom. The zero-order chi connectivity index (χ0) is 18.0. The van der Waals surface area contributed by atoms with E-state index in [1.807, 2.05) is 13.0 Å². The summed E-state index contributed by atoms with van der Waals surface area (Å²) in [6, 6.07) is 7.80. The molecule has 0 radical (unpaired) electrons. The predicted molar refractivity (Wildman–Crippen MR) is 102 cm³/mol. The largest absolute Gasteiger partial charge is 0.422 e. The van der Waals surface area contributed by atoms with Gasteiger partial charge in [-0.15, -0.1) is 13.2 Å². The first kappa shape index (κ1) is 21.1. The second-order valence-corrected chi connectivity index (χ2v) is 5.02. The summed E-state index contributed by atoms with van der Waals surface area (Å²) in [5.74, 6) is 0. The average Bonchev–Trinajstić information content (AvgIpc) is 2.60. The Labute approximate surface area is 139 Å². The lowest BCUT2D eigenvalue weighted by Gasteiger charge is -2.35. The van der Waals surface area contributed by atoms with E-state index in [9.17, 15) is 4.79 Å². The van der Waals surface area contributed by atoms with Gasteiger partial charge in [-0.3, -0.25) is 4.48 Å². The van der Waals surface area contributed by atoms with Crippen LogP contribution in [0.15, 0.2) is 46.6 Å². The molecule has 0 saturated heterocycles. The second kappa shape index (κ2) is 9.98. The van der Waals surface area contributed by atoms with Crippen LogP contribution >= 0.6 is 0 Å². The molecule has 2 N–H and O–H groups in total. The maximum Gasteiger partial charge on any atom is 0.336 e. The number of quaternary nitrogens is 1. The molecule has 0 aliphatic carbocycles. The predicted octanol–water partition coefficient (Wildman–Crippen LogP) is 3.85. The highest BCUT2D eigenvalue weighted by Crippen LogP contribution is 2.28. The maximum absolute atomic E-state index is 11.5. The van der Waals surface area contributed by atoms with Gasteiger partial charge in [0.05, 0.1) is 19.6 Å². The van der Waals surface area contributed by atoms with Gasteiger partial charge in [-0.05, 0) is 52.4 Å². The lowest BCUT2D eigenvalue weighted by molar-refractivity contribution is 0.316. The molecule has 2 rings (SSSR count). The summed E-state index contributed by atoms with van der Waals surface area (Å²) in [5.41, 5.74) is 7.11. The van der Waals surface area contributed by atoms with Gasteiger partial charge in [-0.25, -0.2) is 4.79 Å². The summed E-state index contributed by atoms with van der Waals surface area (Å²) in [6.45, 7) is 17.6. The summed E-state index contributed by atoms with van der Waals surface area (Å²) in [5, 5.41) is 1.02. The number of nitrogens with two attached hydrogens (primary N) is 1. The van der Waals surface area contributed by atoms with Crippen molar-refractivity contribution < 1.29 is 4.42 Å². The molecule has 128 valence electrons. The Balaban J connectivity index is 0.00000112. The van der Waals surface area contributed by atoms with Crippen LogP contribution in [0.5, 0.6) is 0 Å². The number of nitrogens with zero attached hydrogens (tertiary/aromatic N) is 1. The average molecular weight is 319 g/mol. The first-order valence-electron chi connectivity index (χ1n) is 8.05. The molecule has 0 spiro atoms. The molecule has 1 aromatic carbocycles. The number of fused-ring (bicyclic) bond motifs is 1. The van der Waals surface area contributed by atoms with E-state index in [4.69, 9.17) is 4.42 Å². The van der Waals surface area contributed by atoms with Crippen LogP contribution in [0.1, 0.15) is 26.3 Å². The lowest BCUT2D eigenvalue weighted by Crippen LogP contribution is -2.48. The molecule has 4 heteroatoms. The van der Waals surface area contributed by atoms with Crippen molar-refractivity contribution in [1.82, 2.24) is 4.48 Å². The van der Waals surface area contributed by atoms with Crippen LogP contribution in [-0.4, -0.2) is 26.7 Å². The third-order valence-corrected chi connectivity index (χ3v) is 4.30. The molecule has 2 aromatic rings. The SMILES string of the molecule is C=C.CC[N+](CC)(CC)c1ccc2c(C)cc(=O)oc2c1.CN. The fourth-order valence-electron chi connectivity index (χ4n) is 2.83. The molecule has 0 aliphatic rings. The van der Waals surface area contributed by atoms with Crippen LogP contribution in [-0.2, 0) is 0 Å². The zero-order valence-electron chi connectivity index (χ0n) is 15.2. The third kappa shape index (κ3) is 4.53. The van der Waals surface area contributed by atoms with Crippen molar-refractivity contribution in [1.29, 1.82) is 0 Å². The van der Waals surface area contributed by atoms with Crippen molar-refractivity contribution in [2.24, 2.45) is 5.73 Å². The van der Waals surface area contributed by atoms with Gasteiger partial charge in [-0.2, -0.15) is 0 Å². The molecule has 0 bridgehead atoms. The number of rotatable bonds is 4. The summed E-state index contributed by atoms with van der Waals surface area (Å²) < 4.78 is 6.26. The first-order valence-corrected chi connectivity index (χ1v) is 8.05. The monoisotopic (exact) mass is 319 g/mol. The maximum atomic E-state index is 11.5. The van der Waals surface area contributed by atoms with Gasteiger partial charge in [0, 0.05) is 17.5 Å². The van der Waals surface area contributed by atoms with Crippen LogP contribution in [0.4, 0.5) is 5.69 Å². The summed E-state index contributed by atoms with van der Waals surface area (Å²) in [6.07, 6.45) is 0. The highest BCUT2D eigenvalue weighted by atomic mass is 16.4. The van der Waals surface area contributed by atoms with Gasteiger partial charge >= 0.3 is 5.63 Å². The van der Waals surface area contributed by atoms with Gasteiger partial charge < -0.3 is 10.2 Å². The van der Waals surface area contributed by atoms with E-state index in [2.05, 4.69) is 51.8 Å². The second-order valence-electron chi connectivity index (χ2n) is 5.02. The highest BCUT2D eigenvalue weighted by Gasteiger charge is 2.24. The molecular formula is C19H31N2O2+. The summed E-state index contributed by atoms with van der Waals surface area (Å²) in [7, 11) is 1.50. The number of aryl methyl sites for hydroxylation is 1. The topological polar surface area (TPSA) is 56.2 Å². The van der Waals surface area contributed by atoms with E-state index in [0.29, 0.717) is 5.58 Å². The molecule has 1 aromatic heterocycles. The van der Waals surface area contributed by atoms with Gasteiger partial charge in [0.1, 0.15) is 11.3 Å². The fraction of sp³-hybridized carbons (Fsp3) is 0.421. The van der Waals surface area contributed by atoms with E-state index in [0.717, 1.165) is 35.1 Å². The Bertz CT molecular complexity index is 650. The van der Waals surface area contributed by atoms with Crippen molar-refractivity contribution in [2.45, 2.75) is 27.7 Å². The van der Waals surface area contributed by atoms with Crippen LogP contribution < -0.4 is 15.8 Å². The lowest BCUT2D eigenvalue weighted by atomic mass is 10.1. The molecular weight excluding hydrogens is 288 g/mol. The Morgan fingerprint density at radius 3 is 2.04 bits per heavy atom. The minimum absolute atomic E-state index is 0.273. The molecule has 0 atom stereocenters. The van der Waals surface area contributed by atoms with E-state index in [1.54, 1.807) is 6.07 Å². The molecule has 23 heavy (non-hydrogen) atoms. The van der Waals surface area contributed by atoms with E-state index >= 15 is 0 Å². The summed E-state index contributed by atoms with van der Waals surface area (Å²) >= 11 is 0. The van der Waals surface area contributed by atoms with Gasteiger partial charge in [0.25, 0.3) is 0 Å². The number of hydrogen-bond acceptors (Lipinski definition) is 3. The van der Waals surface area contributed by atoms with Crippen LogP contribution in [0, 0.1) is 6.92 Å². The third-order valence-electron chi connectivity index (χ3n) is 4.30. The fourth-order valence-corrected chi connectivity index (χ4v) is 2.83.